The van der Waals surface area contributed by atoms with Crippen LogP contribution in [0.1, 0.15) is 17.3 Å². The van der Waals surface area contributed by atoms with Gasteiger partial charge in [0.2, 0.25) is 5.91 Å². The van der Waals surface area contributed by atoms with Gasteiger partial charge in [-0.05, 0) is 12.0 Å². The second-order valence-electron chi connectivity index (χ2n) is 6.18. The standard InChI is InChI=1S/C16H22N4O3/c1-11-9-20(14-2-3-18-8-12(14)15(17)21)10-13(11)16(22)19-4-6-23-7-5-19/h2-3,8,11,13H,4-7,9-10H2,1H3,(H2,17,21)/t11-,13-/m1/s1. The number of carbonyl (C=O) groups excluding carboxylic acids is 2. The van der Waals surface area contributed by atoms with Crippen molar-refractivity contribution in [3.8, 4) is 0 Å². The summed E-state index contributed by atoms with van der Waals surface area (Å²) in [5, 5.41) is 0. The minimum Gasteiger partial charge on any atom is -0.378 e. The number of nitrogens with zero attached hydrogens (tertiary/aromatic N) is 3. The van der Waals surface area contributed by atoms with Crippen molar-refractivity contribution in [2.75, 3.05) is 44.3 Å². The number of hydrogen-bond donors (Lipinski definition) is 1. The number of primary amides is 1. The summed E-state index contributed by atoms with van der Waals surface area (Å²) in [5.41, 5.74) is 6.60. The molecular formula is C16H22N4O3. The summed E-state index contributed by atoms with van der Waals surface area (Å²) in [5.74, 6) is -0.164. The number of rotatable bonds is 3. The highest BCUT2D eigenvalue weighted by atomic mass is 16.5. The van der Waals surface area contributed by atoms with Crippen molar-refractivity contribution in [1.29, 1.82) is 0 Å². The van der Waals surface area contributed by atoms with Crippen LogP contribution in [0.4, 0.5) is 5.69 Å². The van der Waals surface area contributed by atoms with Crippen LogP contribution in [-0.4, -0.2) is 61.1 Å². The van der Waals surface area contributed by atoms with Gasteiger partial charge in [0.25, 0.3) is 5.91 Å². The van der Waals surface area contributed by atoms with Crippen LogP contribution in [0.5, 0.6) is 0 Å². The van der Waals surface area contributed by atoms with Crippen LogP contribution in [-0.2, 0) is 9.53 Å². The molecule has 2 aliphatic rings. The normalized spacial score (nSPS) is 24.7. The fourth-order valence-electron chi connectivity index (χ4n) is 3.36. The summed E-state index contributed by atoms with van der Waals surface area (Å²) in [6.45, 7) is 5.92. The van der Waals surface area contributed by atoms with Crippen LogP contribution >= 0.6 is 0 Å². The molecular weight excluding hydrogens is 296 g/mol. The highest BCUT2D eigenvalue weighted by molar-refractivity contribution is 5.98. The van der Waals surface area contributed by atoms with Gasteiger partial charge in [0, 0.05) is 38.6 Å². The molecule has 0 bridgehead atoms. The van der Waals surface area contributed by atoms with E-state index in [-0.39, 0.29) is 17.7 Å². The summed E-state index contributed by atoms with van der Waals surface area (Å²) < 4.78 is 5.31. The fourth-order valence-corrected chi connectivity index (χ4v) is 3.36. The summed E-state index contributed by atoms with van der Waals surface area (Å²) in [4.78, 5) is 32.3. The molecule has 2 fully saturated rings. The Morgan fingerprint density at radius 1 is 1.30 bits per heavy atom. The fraction of sp³-hybridized carbons (Fsp3) is 0.562. The Kier molecular flexibility index (Phi) is 4.47. The Morgan fingerprint density at radius 2 is 2.04 bits per heavy atom. The molecule has 2 amide bonds. The first-order chi connectivity index (χ1) is 11.1. The van der Waals surface area contributed by atoms with Crippen molar-refractivity contribution in [2.45, 2.75) is 6.92 Å². The largest absolute Gasteiger partial charge is 0.378 e. The maximum Gasteiger partial charge on any atom is 0.252 e. The molecule has 124 valence electrons. The van der Waals surface area contributed by atoms with Crippen molar-refractivity contribution in [3.63, 3.8) is 0 Å². The van der Waals surface area contributed by atoms with Crippen molar-refractivity contribution >= 4 is 17.5 Å². The van der Waals surface area contributed by atoms with E-state index in [1.165, 1.54) is 6.20 Å². The van der Waals surface area contributed by atoms with Gasteiger partial charge in [-0.3, -0.25) is 14.6 Å². The number of amides is 2. The van der Waals surface area contributed by atoms with E-state index in [9.17, 15) is 9.59 Å². The number of anilines is 1. The first-order valence-electron chi connectivity index (χ1n) is 7.93. The Morgan fingerprint density at radius 3 is 2.74 bits per heavy atom. The zero-order chi connectivity index (χ0) is 16.4. The van der Waals surface area contributed by atoms with Gasteiger partial charge in [-0.25, -0.2) is 0 Å². The predicted octanol–water partition coefficient (Wildman–Crippen LogP) is 0.112. The Bertz CT molecular complexity index is 601. The van der Waals surface area contributed by atoms with Crippen LogP contribution in [0, 0.1) is 11.8 Å². The molecule has 23 heavy (non-hydrogen) atoms. The molecule has 3 rings (SSSR count). The maximum absolute atomic E-state index is 12.7. The molecule has 2 saturated heterocycles. The van der Waals surface area contributed by atoms with E-state index >= 15 is 0 Å². The van der Waals surface area contributed by atoms with Gasteiger partial charge in [-0.15, -0.1) is 0 Å². The number of morpholine rings is 1. The number of aromatic nitrogens is 1. The number of pyridine rings is 1. The smallest absolute Gasteiger partial charge is 0.252 e. The van der Waals surface area contributed by atoms with E-state index < -0.39 is 5.91 Å². The highest BCUT2D eigenvalue weighted by Crippen LogP contribution is 2.31. The predicted molar refractivity (Wildman–Crippen MR) is 85.0 cm³/mol. The van der Waals surface area contributed by atoms with E-state index in [1.807, 2.05) is 4.90 Å². The minimum atomic E-state index is -0.497. The van der Waals surface area contributed by atoms with Gasteiger partial charge < -0.3 is 20.3 Å². The maximum atomic E-state index is 12.7. The number of carbonyl (C=O) groups is 2. The first kappa shape index (κ1) is 15.7. The van der Waals surface area contributed by atoms with Gasteiger partial charge >= 0.3 is 0 Å². The third kappa shape index (κ3) is 3.14. The molecule has 7 nitrogen and oxygen atoms in total. The number of hydrogen-bond acceptors (Lipinski definition) is 5. The second kappa shape index (κ2) is 6.54. The van der Waals surface area contributed by atoms with Gasteiger partial charge in [0.1, 0.15) is 0 Å². The lowest BCUT2D eigenvalue weighted by Crippen LogP contribution is -2.45. The zero-order valence-electron chi connectivity index (χ0n) is 13.3. The third-order valence-electron chi connectivity index (χ3n) is 4.66. The molecule has 0 aliphatic carbocycles. The highest BCUT2D eigenvalue weighted by Gasteiger charge is 2.38. The number of ether oxygens (including phenoxy) is 1. The summed E-state index contributed by atoms with van der Waals surface area (Å²) in [6, 6.07) is 1.79. The van der Waals surface area contributed by atoms with E-state index in [0.29, 0.717) is 38.4 Å². The van der Waals surface area contributed by atoms with E-state index in [0.717, 1.165) is 12.2 Å². The topological polar surface area (TPSA) is 88.8 Å². The monoisotopic (exact) mass is 318 g/mol. The molecule has 3 heterocycles. The van der Waals surface area contributed by atoms with Crippen LogP contribution < -0.4 is 10.6 Å². The van der Waals surface area contributed by atoms with Crippen molar-refractivity contribution < 1.29 is 14.3 Å². The van der Waals surface area contributed by atoms with Crippen molar-refractivity contribution in [3.05, 3.63) is 24.0 Å². The summed E-state index contributed by atoms with van der Waals surface area (Å²) >= 11 is 0. The Hall–Kier alpha value is -2.15. The quantitative estimate of drug-likeness (QED) is 0.854. The van der Waals surface area contributed by atoms with Gasteiger partial charge in [-0.2, -0.15) is 0 Å². The van der Waals surface area contributed by atoms with E-state index in [2.05, 4.69) is 16.8 Å². The SMILES string of the molecule is C[C@@H]1CN(c2ccncc2C(N)=O)C[C@H]1C(=O)N1CCOCC1. The van der Waals surface area contributed by atoms with Crippen molar-refractivity contribution in [1.82, 2.24) is 9.88 Å². The molecule has 0 spiro atoms. The van der Waals surface area contributed by atoms with Gasteiger partial charge in [-0.1, -0.05) is 6.92 Å². The molecule has 7 heteroatoms. The van der Waals surface area contributed by atoms with E-state index in [4.69, 9.17) is 10.5 Å². The first-order valence-corrected chi connectivity index (χ1v) is 7.93. The molecule has 0 radical (unpaired) electrons. The Labute approximate surface area is 135 Å². The minimum absolute atomic E-state index is 0.0676. The lowest BCUT2D eigenvalue weighted by molar-refractivity contribution is -0.140. The molecule has 0 aromatic carbocycles. The van der Waals surface area contributed by atoms with Crippen LogP contribution in [0.2, 0.25) is 0 Å². The number of nitrogens with two attached hydrogens (primary N) is 1. The van der Waals surface area contributed by atoms with E-state index in [1.54, 1.807) is 12.3 Å². The Balaban J connectivity index is 1.76. The summed E-state index contributed by atoms with van der Waals surface area (Å²) in [7, 11) is 0. The van der Waals surface area contributed by atoms with Crippen LogP contribution in [0.15, 0.2) is 18.5 Å². The summed E-state index contributed by atoms with van der Waals surface area (Å²) in [6.07, 6.45) is 3.13. The molecule has 0 saturated carbocycles. The average Bonchev–Trinajstić information content (AvgIpc) is 2.96. The molecule has 2 N–H and O–H groups in total. The lowest BCUT2D eigenvalue weighted by atomic mass is 9.96. The average molecular weight is 318 g/mol. The van der Waals surface area contributed by atoms with Crippen LogP contribution in [0.3, 0.4) is 0 Å². The third-order valence-corrected chi connectivity index (χ3v) is 4.66. The van der Waals surface area contributed by atoms with Gasteiger partial charge in [0.05, 0.1) is 30.4 Å². The van der Waals surface area contributed by atoms with Gasteiger partial charge in [0.15, 0.2) is 0 Å². The molecule has 0 unspecified atom stereocenters. The second-order valence-corrected chi connectivity index (χ2v) is 6.18. The molecule has 1 aromatic heterocycles. The zero-order valence-corrected chi connectivity index (χ0v) is 13.3. The van der Waals surface area contributed by atoms with Crippen LogP contribution in [0.25, 0.3) is 0 Å². The lowest BCUT2D eigenvalue weighted by Gasteiger charge is -2.30. The van der Waals surface area contributed by atoms with Crippen molar-refractivity contribution in [2.24, 2.45) is 17.6 Å². The molecule has 2 aliphatic heterocycles. The molecule has 1 aromatic rings. The molecule has 2 atom stereocenters.